The van der Waals surface area contributed by atoms with Crippen LogP contribution in [0.4, 0.5) is 4.79 Å². The molecule has 8 heteroatoms. The molecule has 0 saturated carbocycles. The SMILES string of the molecule is Br.CCN=C(S)N1CCN(C(=O)OCC(C)(C)O)CC1. The Kier molecular flexibility index (Phi) is 8.53. The van der Waals surface area contributed by atoms with Gasteiger partial charge in [-0.2, -0.15) is 0 Å². The summed E-state index contributed by atoms with van der Waals surface area (Å²) in [5, 5.41) is 10.2. The monoisotopic (exact) mass is 369 g/mol. The number of carbonyl (C=O) groups is 1. The van der Waals surface area contributed by atoms with Crippen molar-refractivity contribution in [2.75, 3.05) is 39.3 Å². The van der Waals surface area contributed by atoms with Crippen molar-refractivity contribution in [3.63, 3.8) is 0 Å². The second-order valence-corrected chi connectivity index (χ2v) is 5.52. The molecule has 118 valence electrons. The number of carbonyl (C=O) groups excluding carboxylic acids is 1. The van der Waals surface area contributed by atoms with Crippen molar-refractivity contribution in [3.05, 3.63) is 0 Å². The van der Waals surface area contributed by atoms with Gasteiger partial charge in [-0.3, -0.25) is 4.99 Å². The predicted molar refractivity (Wildman–Crippen MR) is 88.1 cm³/mol. The van der Waals surface area contributed by atoms with Gasteiger partial charge in [0.1, 0.15) is 6.61 Å². The summed E-state index contributed by atoms with van der Waals surface area (Å²) in [7, 11) is 0. The third-order valence-corrected chi connectivity index (χ3v) is 3.09. The van der Waals surface area contributed by atoms with E-state index in [9.17, 15) is 9.90 Å². The third kappa shape index (κ3) is 6.81. The molecule has 0 unspecified atom stereocenters. The van der Waals surface area contributed by atoms with Gasteiger partial charge >= 0.3 is 6.09 Å². The summed E-state index contributed by atoms with van der Waals surface area (Å²) in [6.07, 6.45) is -0.380. The first kappa shape index (κ1) is 19.5. The van der Waals surface area contributed by atoms with Gasteiger partial charge in [0.15, 0.2) is 5.17 Å². The van der Waals surface area contributed by atoms with Crippen LogP contribution in [0.1, 0.15) is 20.8 Å². The number of rotatable bonds is 3. The van der Waals surface area contributed by atoms with Gasteiger partial charge in [-0.1, -0.05) is 0 Å². The van der Waals surface area contributed by atoms with Crippen molar-refractivity contribution in [1.29, 1.82) is 0 Å². The van der Waals surface area contributed by atoms with E-state index in [1.54, 1.807) is 18.7 Å². The number of aliphatic hydroxyl groups is 1. The van der Waals surface area contributed by atoms with Crippen LogP contribution in [0.15, 0.2) is 4.99 Å². The Morgan fingerprint density at radius 2 is 1.80 bits per heavy atom. The molecule has 0 aromatic heterocycles. The van der Waals surface area contributed by atoms with Crippen molar-refractivity contribution in [2.45, 2.75) is 26.4 Å². The molecular weight excluding hydrogens is 346 g/mol. The van der Waals surface area contributed by atoms with Crippen molar-refractivity contribution in [3.8, 4) is 0 Å². The quantitative estimate of drug-likeness (QED) is 0.448. The lowest BCUT2D eigenvalue weighted by Crippen LogP contribution is -2.50. The Hall–Kier alpha value is -0.470. The maximum atomic E-state index is 11.8. The smallest absolute Gasteiger partial charge is 0.409 e. The third-order valence-electron chi connectivity index (χ3n) is 2.67. The maximum absolute atomic E-state index is 11.8. The predicted octanol–water partition coefficient (Wildman–Crippen LogP) is 1.40. The molecule has 0 spiro atoms. The Labute approximate surface area is 136 Å². The van der Waals surface area contributed by atoms with E-state index in [2.05, 4.69) is 17.6 Å². The molecule has 1 N–H and O–H groups in total. The highest BCUT2D eigenvalue weighted by Gasteiger charge is 2.24. The van der Waals surface area contributed by atoms with E-state index in [1.165, 1.54) is 0 Å². The molecule has 1 fully saturated rings. The van der Waals surface area contributed by atoms with Gasteiger partial charge in [0.25, 0.3) is 0 Å². The number of amides is 1. The van der Waals surface area contributed by atoms with Crippen LogP contribution in [-0.2, 0) is 4.74 Å². The van der Waals surface area contributed by atoms with Crippen LogP contribution in [0.5, 0.6) is 0 Å². The molecule has 1 heterocycles. The van der Waals surface area contributed by atoms with Crippen molar-refractivity contribution in [1.82, 2.24) is 9.80 Å². The van der Waals surface area contributed by atoms with E-state index in [0.717, 1.165) is 0 Å². The van der Waals surface area contributed by atoms with E-state index < -0.39 is 5.60 Å². The fraction of sp³-hybridized carbons (Fsp3) is 0.833. The summed E-state index contributed by atoms with van der Waals surface area (Å²) < 4.78 is 5.06. The zero-order chi connectivity index (χ0) is 14.5. The molecule has 1 aliphatic rings. The van der Waals surface area contributed by atoms with Crippen LogP contribution in [0.3, 0.4) is 0 Å². The topological polar surface area (TPSA) is 65.4 Å². The largest absolute Gasteiger partial charge is 0.446 e. The maximum Gasteiger partial charge on any atom is 0.409 e. The molecule has 1 aliphatic heterocycles. The summed E-state index contributed by atoms with van der Waals surface area (Å²) in [4.78, 5) is 19.7. The van der Waals surface area contributed by atoms with Crippen LogP contribution >= 0.6 is 29.6 Å². The molecule has 0 aromatic carbocycles. The zero-order valence-electron chi connectivity index (χ0n) is 12.2. The summed E-state index contributed by atoms with van der Waals surface area (Å²) in [6, 6.07) is 0. The molecule has 0 bridgehead atoms. The first-order valence-corrected chi connectivity index (χ1v) is 6.90. The molecule has 0 aliphatic carbocycles. The molecular formula is C12H24BrN3O3S. The van der Waals surface area contributed by atoms with E-state index >= 15 is 0 Å². The van der Waals surface area contributed by atoms with E-state index in [4.69, 9.17) is 4.74 Å². The number of hydrogen-bond donors (Lipinski definition) is 2. The van der Waals surface area contributed by atoms with Crippen LogP contribution < -0.4 is 0 Å². The first-order chi connectivity index (χ1) is 8.83. The molecule has 1 rings (SSSR count). The fourth-order valence-corrected chi connectivity index (χ4v) is 2.00. The van der Waals surface area contributed by atoms with Gasteiger partial charge in [-0.15, -0.1) is 29.6 Å². The molecule has 1 saturated heterocycles. The number of piperazine rings is 1. The minimum absolute atomic E-state index is 0. The summed E-state index contributed by atoms with van der Waals surface area (Å²) in [6.45, 7) is 8.41. The van der Waals surface area contributed by atoms with Crippen LogP contribution in [-0.4, -0.2) is 71.1 Å². The van der Waals surface area contributed by atoms with Crippen LogP contribution in [0.25, 0.3) is 0 Å². The Morgan fingerprint density at radius 1 is 1.30 bits per heavy atom. The lowest BCUT2D eigenvalue weighted by molar-refractivity contribution is -0.00615. The van der Waals surface area contributed by atoms with Gasteiger partial charge in [0.2, 0.25) is 0 Å². The summed E-state index contributed by atoms with van der Waals surface area (Å²) >= 11 is 4.32. The minimum Gasteiger partial charge on any atom is -0.446 e. The van der Waals surface area contributed by atoms with Gasteiger partial charge in [0, 0.05) is 32.7 Å². The van der Waals surface area contributed by atoms with E-state index in [1.807, 2.05) is 11.8 Å². The molecule has 6 nitrogen and oxygen atoms in total. The lowest BCUT2D eigenvalue weighted by Gasteiger charge is -2.35. The number of nitrogens with zero attached hydrogens (tertiary/aromatic N) is 3. The number of ether oxygens (including phenoxy) is 1. The Morgan fingerprint density at radius 3 is 2.25 bits per heavy atom. The van der Waals surface area contributed by atoms with Gasteiger partial charge in [-0.05, 0) is 20.8 Å². The molecule has 1 amide bonds. The second kappa shape index (κ2) is 8.74. The summed E-state index contributed by atoms with van der Waals surface area (Å²) in [5.41, 5.74) is -0.996. The standard InChI is InChI=1S/C12H23N3O3S.BrH/c1-4-13-10(19)14-5-7-15(8-6-14)11(16)18-9-12(2,3)17;/h17H,4-9H2,1-3H3,(H,13,19);1H. The van der Waals surface area contributed by atoms with E-state index in [-0.39, 0.29) is 29.7 Å². The average molecular weight is 370 g/mol. The van der Waals surface area contributed by atoms with Gasteiger partial charge in [0.05, 0.1) is 5.60 Å². The Bertz CT molecular complexity index is 339. The average Bonchev–Trinajstić information content (AvgIpc) is 2.35. The van der Waals surface area contributed by atoms with Crippen molar-refractivity contribution < 1.29 is 14.6 Å². The highest BCUT2D eigenvalue weighted by Crippen LogP contribution is 2.08. The molecule has 20 heavy (non-hydrogen) atoms. The number of aliphatic imine (C=N–C) groups is 1. The second-order valence-electron chi connectivity index (χ2n) is 5.12. The van der Waals surface area contributed by atoms with Gasteiger partial charge in [-0.25, -0.2) is 4.79 Å². The number of halogens is 1. The van der Waals surface area contributed by atoms with E-state index in [0.29, 0.717) is 37.9 Å². The minimum atomic E-state index is -0.996. The van der Waals surface area contributed by atoms with Crippen molar-refractivity contribution in [2.24, 2.45) is 4.99 Å². The lowest BCUT2D eigenvalue weighted by atomic mass is 10.2. The highest BCUT2D eigenvalue weighted by atomic mass is 79.9. The van der Waals surface area contributed by atoms with Gasteiger partial charge < -0.3 is 19.6 Å². The normalized spacial score (nSPS) is 16.8. The van der Waals surface area contributed by atoms with Crippen molar-refractivity contribution >= 4 is 40.9 Å². The molecule has 0 atom stereocenters. The number of amidine groups is 1. The number of thiol groups is 1. The van der Waals surface area contributed by atoms with Crippen LogP contribution in [0, 0.1) is 0 Å². The fourth-order valence-electron chi connectivity index (χ4n) is 1.66. The molecule has 0 radical (unpaired) electrons. The molecule has 0 aromatic rings. The summed E-state index contributed by atoms with van der Waals surface area (Å²) in [5.74, 6) is 0. The highest BCUT2D eigenvalue weighted by molar-refractivity contribution is 8.93. The Balaban J connectivity index is 0.00000361. The number of hydrogen-bond acceptors (Lipinski definition) is 4. The zero-order valence-corrected chi connectivity index (χ0v) is 14.8. The van der Waals surface area contributed by atoms with Crippen LogP contribution in [0.2, 0.25) is 0 Å². The first-order valence-electron chi connectivity index (χ1n) is 6.46.